The van der Waals surface area contributed by atoms with Crippen molar-refractivity contribution in [3.05, 3.63) is 47.5 Å². The molecule has 0 aromatic heterocycles. The van der Waals surface area contributed by atoms with E-state index < -0.39 is 36.1 Å². The van der Waals surface area contributed by atoms with Crippen LogP contribution in [0, 0.1) is 0 Å². The molecule has 4 N–H and O–H groups in total. The summed E-state index contributed by atoms with van der Waals surface area (Å²) in [5, 5.41) is 7.22. The Bertz CT molecular complexity index is 1180. The number of hydrogen-bond donors (Lipinski definition) is 4. The van der Waals surface area contributed by atoms with Crippen LogP contribution in [0.5, 0.6) is 11.5 Å². The van der Waals surface area contributed by atoms with Gasteiger partial charge in [0.1, 0.15) is 21.3 Å². The van der Waals surface area contributed by atoms with Crippen molar-refractivity contribution in [2.45, 2.75) is 9.79 Å². The number of nitrogens with zero attached hydrogens (tertiary/aromatic N) is 2. The average molecular weight is 486 g/mol. The Kier molecular flexibility index (Phi) is 7.87. The fourth-order valence-corrected chi connectivity index (χ4v) is 3.69. The van der Waals surface area contributed by atoms with E-state index in [-0.39, 0.29) is 22.6 Å². The highest BCUT2D eigenvalue weighted by Crippen LogP contribution is 2.24. The molecular weight excluding hydrogens is 468 g/mol. The Hall–Kier alpha value is -3.53. The minimum Gasteiger partial charge on any atom is -0.495 e. The van der Waals surface area contributed by atoms with Gasteiger partial charge in [-0.2, -0.15) is 27.0 Å². The monoisotopic (exact) mass is 486 g/mol. The number of carbonyl (C=O) groups excluding carboxylic acids is 1. The summed E-state index contributed by atoms with van der Waals surface area (Å²) in [5.74, 6) is -0.138. The molecule has 2 rings (SSSR count). The average Bonchev–Trinajstić information content (AvgIpc) is 2.72. The van der Waals surface area contributed by atoms with Gasteiger partial charge in [0.2, 0.25) is 0 Å². The van der Waals surface area contributed by atoms with Gasteiger partial charge in [-0.15, -0.1) is 0 Å². The third kappa shape index (κ3) is 6.74. The Balaban J connectivity index is 2.02. The predicted octanol–water partition coefficient (Wildman–Crippen LogP) is 0.864. The number of carbonyl (C=O) groups is 1. The summed E-state index contributed by atoms with van der Waals surface area (Å²) in [7, 11) is -6.59. The molecule has 0 saturated heterocycles. The van der Waals surface area contributed by atoms with E-state index in [4.69, 9.17) is 9.47 Å². The van der Waals surface area contributed by atoms with Gasteiger partial charge in [0.15, 0.2) is 0 Å². The van der Waals surface area contributed by atoms with E-state index in [2.05, 4.69) is 21.1 Å². The van der Waals surface area contributed by atoms with E-state index in [1.54, 1.807) is 0 Å². The number of amides is 2. The van der Waals surface area contributed by atoms with Crippen LogP contribution < -0.4 is 20.3 Å². The van der Waals surface area contributed by atoms with Crippen LogP contribution in [-0.2, 0) is 20.2 Å². The van der Waals surface area contributed by atoms with Crippen LogP contribution in [0.3, 0.4) is 0 Å². The lowest BCUT2D eigenvalue weighted by molar-refractivity contribution is 0.242. The molecule has 0 unspecified atom stereocenters. The fraction of sp³-hybridized carbons (Fsp3) is 0.118. The highest BCUT2D eigenvalue weighted by atomic mass is 32.2. The lowest BCUT2D eigenvalue weighted by atomic mass is 10.2. The third-order valence-electron chi connectivity index (χ3n) is 3.69. The number of hydrazone groups is 2. The molecule has 0 bridgehead atoms. The Labute approximate surface area is 183 Å². The lowest BCUT2D eigenvalue weighted by Crippen LogP contribution is -2.28. The molecule has 2 aromatic rings. The topological polar surface area (TPSA) is 193 Å². The fourth-order valence-electron chi connectivity index (χ4n) is 2.31. The second-order valence-corrected chi connectivity index (χ2v) is 8.62. The Morgan fingerprint density at radius 1 is 0.812 bits per heavy atom. The number of hydrogen-bond acceptors (Lipinski definition) is 9. The van der Waals surface area contributed by atoms with E-state index in [9.17, 15) is 30.7 Å². The molecule has 15 heteroatoms. The molecule has 0 heterocycles. The quantitative estimate of drug-likeness (QED) is 0.238. The van der Waals surface area contributed by atoms with Crippen molar-refractivity contribution >= 4 is 38.7 Å². The van der Waals surface area contributed by atoms with Crippen LogP contribution >= 0.6 is 0 Å². The summed E-state index contributed by atoms with van der Waals surface area (Å²) in [5.41, 5.74) is 4.60. The van der Waals surface area contributed by atoms with Crippen molar-refractivity contribution in [2.75, 3.05) is 14.2 Å². The summed E-state index contributed by atoms with van der Waals surface area (Å²) < 4.78 is 73.6. The normalized spacial score (nSPS) is 12.1. The van der Waals surface area contributed by atoms with Crippen molar-refractivity contribution in [3.63, 3.8) is 0 Å². The summed E-state index contributed by atoms with van der Waals surface area (Å²) in [6, 6.07) is 6.77. The van der Waals surface area contributed by atoms with Gasteiger partial charge in [-0.1, -0.05) is 0 Å². The number of benzene rings is 2. The first-order chi connectivity index (χ1) is 15.0. The van der Waals surface area contributed by atoms with Crippen molar-refractivity contribution in [2.24, 2.45) is 10.2 Å². The van der Waals surface area contributed by atoms with E-state index in [0.29, 0.717) is 0 Å². The van der Waals surface area contributed by atoms with Gasteiger partial charge < -0.3 is 9.47 Å². The van der Waals surface area contributed by atoms with Crippen molar-refractivity contribution in [3.8, 4) is 11.5 Å². The predicted molar refractivity (Wildman–Crippen MR) is 112 cm³/mol. The minimum atomic E-state index is -4.53. The van der Waals surface area contributed by atoms with Crippen LogP contribution in [0.1, 0.15) is 11.1 Å². The standard InChI is InChI=1S/C17H18N4O9S2/c1-29-13-5-3-11(7-15(13)31(23,24)25)9-18-20-17(22)21-19-10-12-4-6-14(30-2)16(8-12)32(26,27)28/h3-10H,1-2H3,(H2,20,21,22)(H,23,24,25)(H,26,27,28)/b18-9-,19-10-. The number of nitrogens with one attached hydrogen (secondary N) is 2. The van der Waals surface area contributed by atoms with E-state index in [0.717, 1.165) is 24.6 Å². The van der Waals surface area contributed by atoms with Gasteiger partial charge in [-0.3, -0.25) is 9.11 Å². The zero-order valence-electron chi connectivity index (χ0n) is 16.6. The maximum absolute atomic E-state index is 11.7. The molecule has 0 saturated carbocycles. The van der Waals surface area contributed by atoms with Crippen LogP contribution in [0.4, 0.5) is 4.79 Å². The molecule has 0 radical (unpaired) electrons. The van der Waals surface area contributed by atoms with E-state index in [1.165, 1.54) is 38.5 Å². The summed E-state index contributed by atoms with van der Waals surface area (Å²) in [6.07, 6.45) is 2.22. The first kappa shape index (κ1) is 24.7. The van der Waals surface area contributed by atoms with Gasteiger partial charge in [-0.05, 0) is 47.5 Å². The molecule has 0 spiro atoms. The van der Waals surface area contributed by atoms with Crippen LogP contribution in [-0.4, -0.2) is 58.6 Å². The van der Waals surface area contributed by atoms with Gasteiger partial charge in [0, 0.05) is 0 Å². The molecule has 32 heavy (non-hydrogen) atoms. The van der Waals surface area contributed by atoms with Crippen LogP contribution in [0.2, 0.25) is 0 Å². The molecule has 13 nitrogen and oxygen atoms in total. The van der Waals surface area contributed by atoms with Crippen molar-refractivity contribution < 1.29 is 40.2 Å². The summed E-state index contributed by atoms with van der Waals surface area (Å²) in [4.78, 5) is 10.8. The van der Waals surface area contributed by atoms with Gasteiger partial charge in [0.25, 0.3) is 20.2 Å². The SMILES string of the molecule is COc1ccc(/C=N\NC(=O)N/N=C\c2ccc(OC)c(S(=O)(=O)O)c2)cc1S(=O)(=O)O. The zero-order valence-corrected chi connectivity index (χ0v) is 18.2. The van der Waals surface area contributed by atoms with Crippen molar-refractivity contribution in [1.82, 2.24) is 10.9 Å². The smallest absolute Gasteiger partial charge is 0.355 e. The highest BCUT2D eigenvalue weighted by Gasteiger charge is 2.17. The Morgan fingerprint density at radius 2 is 1.19 bits per heavy atom. The maximum atomic E-state index is 11.7. The van der Waals surface area contributed by atoms with Crippen LogP contribution in [0.25, 0.3) is 0 Å². The minimum absolute atomic E-state index is 0.0691. The molecule has 0 atom stereocenters. The Morgan fingerprint density at radius 3 is 1.50 bits per heavy atom. The van der Waals surface area contributed by atoms with Crippen molar-refractivity contribution in [1.29, 1.82) is 0 Å². The van der Waals surface area contributed by atoms with Gasteiger partial charge in [-0.25, -0.2) is 15.6 Å². The molecule has 0 aliphatic rings. The lowest BCUT2D eigenvalue weighted by Gasteiger charge is -2.06. The molecule has 172 valence electrons. The van der Waals surface area contributed by atoms with E-state index in [1.807, 2.05) is 0 Å². The van der Waals surface area contributed by atoms with E-state index >= 15 is 0 Å². The van der Waals surface area contributed by atoms with Gasteiger partial charge in [0.05, 0.1) is 26.6 Å². The molecular formula is C17H18N4O9S2. The number of methoxy groups -OCH3 is 2. The third-order valence-corrected chi connectivity index (χ3v) is 5.44. The first-order valence-electron chi connectivity index (χ1n) is 8.39. The molecule has 0 fully saturated rings. The highest BCUT2D eigenvalue weighted by molar-refractivity contribution is 7.86. The second-order valence-electron chi connectivity index (χ2n) is 5.84. The maximum Gasteiger partial charge on any atom is 0.355 e. The zero-order chi connectivity index (χ0) is 23.9. The largest absolute Gasteiger partial charge is 0.495 e. The van der Waals surface area contributed by atoms with Gasteiger partial charge >= 0.3 is 6.03 Å². The molecule has 0 aliphatic carbocycles. The number of urea groups is 1. The summed E-state index contributed by atoms with van der Waals surface area (Å²) >= 11 is 0. The number of rotatable bonds is 8. The second kappa shape index (κ2) is 10.2. The number of ether oxygens (including phenoxy) is 2. The molecule has 2 amide bonds. The molecule has 0 aliphatic heterocycles. The molecule has 2 aromatic carbocycles. The first-order valence-corrected chi connectivity index (χ1v) is 11.3. The van der Waals surface area contributed by atoms with Crippen LogP contribution in [0.15, 0.2) is 56.4 Å². The summed E-state index contributed by atoms with van der Waals surface area (Å²) in [6.45, 7) is 0.